The lowest BCUT2D eigenvalue weighted by atomic mass is 9.99. The summed E-state index contributed by atoms with van der Waals surface area (Å²) in [6.07, 6.45) is -0.932. The Kier molecular flexibility index (Phi) is 5.70. The molecular weight excluding hydrogens is 398 g/mol. The van der Waals surface area contributed by atoms with E-state index < -0.39 is 6.10 Å². The SMILES string of the molecule is COc1cc2ccccc2cc1C(=O)Nc1ccc(Cl)cc1[C@@H](O)c1ccccc1. The van der Waals surface area contributed by atoms with E-state index in [1.54, 1.807) is 24.3 Å². The highest BCUT2D eigenvalue weighted by atomic mass is 35.5. The van der Waals surface area contributed by atoms with Gasteiger partial charge in [-0.2, -0.15) is 0 Å². The van der Waals surface area contributed by atoms with Crippen molar-refractivity contribution < 1.29 is 14.6 Å². The molecule has 150 valence electrons. The van der Waals surface area contributed by atoms with E-state index in [0.717, 1.165) is 10.8 Å². The van der Waals surface area contributed by atoms with Gasteiger partial charge in [-0.15, -0.1) is 0 Å². The third-order valence-corrected chi connectivity index (χ3v) is 5.22. The molecule has 30 heavy (non-hydrogen) atoms. The van der Waals surface area contributed by atoms with Gasteiger partial charge in [-0.05, 0) is 46.7 Å². The predicted octanol–water partition coefficient (Wildman–Crippen LogP) is 5.84. The zero-order valence-electron chi connectivity index (χ0n) is 16.3. The average Bonchev–Trinajstić information content (AvgIpc) is 2.79. The van der Waals surface area contributed by atoms with Gasteiger partial charge in [0.25, 0.3) is 5.91 Å². The minimum Gasteiger partial charge on any atom is -0.496 e. The molecule has 0 unspecified atom stereocenters. The van der Waals surface area contributed by atoms with E-state index in [1.165, 1.54) is 7.11 Å². The molecule has 1 atom stereocenters. The van der Waals surface area contributed by atoms with E-state index >= 15 is 0 Å². The number of aliphatic hydroxyl groups excluding tert-OH is 1. The molecule has 0 aliphatic carbocycles. The van der Waals surface area contributed by atoms with Crippen LogP contribution in [0.25, 0.3) is 10.8 Å². The number of hydrogen-bond acceptors (Lipinski definition) is 3. The van der Waals surface area contributed by atoms with Gasteiger partial charge >= 0.3 is 0 Å². The molecule has 4 nitrogen and oxygen atoms in total. The van der Waals surface area contributed by atoms with Crippen molar-refractivity contribution in [1.82, 2.24) is 0 Å². The number of rotatable bonds is 5. The molecule has 4 rings (SSSR count). The zero-order valence-corrected chi connectivity index (χ0v) is 17.1. The summed E-state index contributed by atoms with van der Waals surface area (Å²) in [6.45, 7) is 0. The van der Waals surface area contributed by atoms with Crippen molar-refractivity contribution in [2.45, 2.75) is 6.10 Å². The van der Waals surface area contributed by atoms with Crippen LogP contribution in [0.4, 0.5) is 5.69 Å². The number of carbonyl (C=O) groups is 1. The first-order valence-electron chi connectivity index (χ1n) is 9.47. The van der Waals surface area contributed by atoms with Gasteiger partial charge in [-0.3, -0.25) is 4.79 Å². The van der Waals surface area contributed by atoms with Gasteiger partial charge in [-0.25, -0.2) is 0 Å². The first-order chi connectivity index (χ1) is 14.6. The second-order valence-corrected chi connectivity index (χ2v) is 7.33. The Morgan fingerprint density at radius 1 is 0.933 bits per heavy atom. The molecule has 0 radical (unpaired) electrons. The topological polar surface area (TPSA) is 58.6 Å². The van der Waals surface area contributed by atoms with E-state index in [1.807, 2.05) is 60.7 Å². The van der Waals surface area contributed by atoms with Crippen molar-refractivity contribution in [1.29, 1.82) is 0 Å². The highest BCUT2D eigenvalue weighted by Gasteiger charge is 2.19. The quantitative estimate of drug-likeness (QED) is 0.429. The molecule has 0 saturated heterocycles. The Morgan fingerprint density at radius 2 is 1.60 bits per heavy atom. The number of carbonyl (C=O) groups excluding carboxylic acids is 1. The maximum atomic E-state index is 13.1. The first-order valence-corrected chi connectivity index (χ1v) is 9.85. The second-order valence-electron chi connectivity index (χ2n) is 6.90. The minimum absolute atomic E-state index is 0.332. The molecule has 2 N–H and O–H groups in total. The van der Waals surface area contributed by atoms with Crippen molar-refractivity contribution >= 4 is 34.0 Å². The van der Waals surface area contributed by atoms with Crippen LogP contribution in [0, 0.1) is 0 Å². The molecule has 0 saturated carbocycles. The number of hydrogen-bond donors (Lipinski definition) is 2. The molecule has 0 spiro atoms. The molecule has 0 bridgehead atoms. The van der Waals surface area contributed by atoms with Crippen molar-refractivity contribution in [3.05, 3.63) is 107 Å². The molecule has 1 amide bonds. The summed E-state index contributed by atoms with van der Waals surface area (Å²) in [5.74, 6) is 0.145. The summed E-state index contributed by atoms with van der Waals surface area (Å²) in [4.78, 5) is 13.1. The van der Waals surface area contributed by atoms with Crippen LogP contribution in [0.1, 0.15) is 27.6 Å². The van der Waals surface area contributed by atoms with Crippen LogP contribution in [0.15, 0.2) is 84.9 Å². The fourth-order valence-electron chi connectivity index (χ4n) is 3.44. The number of fused-ring (bicyclic) bond motifs is 1. The van der Waals surface area contributed by atoms with E-state index in [-0.39, 0.29) is 5.91 Å². The molecule has 0 aromatic heterocycles. The number of anilines is 1. The Bertz CT molecular complexity index is 1210. The number of benzene rings is 4. The zero-order chi connectivity index (χ0) is 21.1. The first kappa shape index (κ1) is 20.0. The smallest absolute Gasteiger partial charge is 0.259 e. The van der Waals surface area contributed by atoms with E-state index in [0.29, 0.717) is 33.1 Å². The van der Waals surface area contributed by atoms with Crippen molar-refractivity contribution in [3.8, 4) is 5.75 Å². The number of ether oxygens (including phenoxy) is 1. The van der Waals surface area contributed by atoms with Crippen LogP contribution >= 0.6 is 11.6 Å². The van der Waals surface area contributed by atoms with Gasteiger partial charge in [0, 0.05) is 16.3 Å². The summed E-state index contributed by atoms with van der Waals surface area (Å²) in [6, 6.07) is 25.6. The van der Waals surface area contributed by atoms with E-state index in [2.05, 4.69) is 5.32 Å². The average molecular weight is 418 g/mol. The molecule has 0 aliphatic rings. The Balaban J connectivity index is 1.71. The minimum atomic E-state index is -0.932. The predicted molar refractivity (Wildman–Crippen MR) is 120 cm³/mol. The number of halogens is 1. The Morgan fingerprint density at radius 3 is 2.30 bits per heavy atom. The summed E-state index contributed by atoms with van der Waals surface area (Å²) in [5, 5.41) is 16.2. The maximum absolute atomic E-state index is 13.1. The normalized spacial score (nSPS) is 11.8. The number of nitrogens with one attached hydrogen (secondary N) is 1. The van der Waals surface area contributed by atoms with Crippen LogP contribution in [-0.4, -0.2) is 18.1 Å². The molecule has 4 aromatic rings. The molecule has 0 heterocycles. The van der Waals surface area contributed by atoms with Crippen LogP contribution < -0.4 is 10.1 Å². The lowest BCUT2D eigenvalue weighted by Gasteiger charge is -2.18. The highest BCUT2D eigenvalue weighted by molar-refractivity contribution is 6.30. The molecule has 0 fully saturated rings. The van der Waals surface area contributed by atoms with Crippen LogP contribution in [0.2, 0.25) is 5.02 Å². The fraction of sp³-hybridized carbons (Fsp3) is 0.0800. The summed E-state index contributed by atoms with van der Waals surface area (Å²) < 4.78 is 5.45. The maximum Gasteiger partial charge on any atom is 0.259 e. The number of amides is 1. The molecule has 4 aromatic carbocycles. The van der Waals surface area contributed by atoms with E-state index in [4.69, 9.17) is 16.3 Å². The number of methoxy groups -OCH3 is 1. The standard InChI is InChI=1S/C25H20ClNO3/c1-30-23-14-18-10-6-5-9-17(18)13-21(23)25(29)27-22-12-11-19(26)15-20(22)24(28)16-7-3-2-4-8-16/h2-15,24,28H,1H3,(H,27,29)/t24-/m0/s1. The third-order valence-electron chi connectivity index (χ3n) is 4.98. The number of aliphatic hydroxyl groups is 1. The Hall–Kier alpha value is -3.34. The largest absolute Gasteiger partial charge is 0.496 e. The molecule has 5 heteroatoms. The van der Waals surface area contributed by atoms with Crippen LogP contribution in [-0.2, 0) is 0 Å². The summed E-state index contributed by atoms with van der Waals surface area (Å²) in [7, 11) is 1.54. The van der Waals surface area contributed by atoms with Crippen LogP contribution in [0.5, 0.6) is 5.75 Å². The lowest BCUT2D eigenvalue weighted by Crippen LogP contribution is -2.16. The van der Waals surface area contributed by atoms with Gasteiger partial charge < -0.3 is 15.2 Å². The van der Waals surface area contributed by atoms with Crippen molar-refractivity contribution in [2.24, 2.45) is 0 Å². The van der Waals surface area contributed by atoms with Gasteiger partial charge in [0.2, 0.25) is 0 Å². The summed E-state index contributed by atoms with van der Waals surface area (Å²) in [5.41, 5.74) is 2.11. The van der Waals surface area contributed by atoms with Gasteiger partial charge in [0.1, 0.15) is 11.9 Å². The fourth-order valence-corrected chi connectivity index (χ4v) is 3.62. The molecular formula is C25H20ClNO3. The third kappa shape index (κ3) is 4.01. The monoisotopic (exact) mass is 417 g/mol. The van der Waals surface area contributed by atoms with Crippen molar-refractivity contribution in [2.75, 3.05) is 12.4 Å². The molecule has 0 aliphatic heterocycles. The Labute approximate surface area is 179 Å². The van der Waals surface area contributed by atoms with Gasteiger partial charge in [0.15, 0.2) is 0 Å². The van der Waals surface area contributed by atoms with E-state index in [9.17, 15) is 9.90 Å². The highest BCUT2D eigenvalue weighted by Crippen LogP contribution is 2.32. The van der Waals surface area contributed by atoms with Crippen LogP contribution in [0.3, 0.4) is 0 Å². The summed E-state index contributed by atoms with van der Waals surface area (Å²) >= 11 is 6.17. The van der Waals surface area contributed by atoms with Crippen molar-refractivity contribution in [3.63, 3.8) is 0 Å². The second kappa shape index (κ2) is 8.57. The van der Waals surface area contributed by atoms with Gasteiger partial charge in [-0.1, -0.05) is 66.2 Å². The lowest BCUT2D eigenvalue weighted by molar-refractivity contribution is 0.102. The van der Waals surface area contributed by atoms with Gasteiger partial charge in [0.05, 0.1) is 12.7 Å².